The first kappa shape index (κ1) is 22.5. The van der Waals surface area contributed by atoms with Gasteiger partial charge in [-0.2, -0.15) is 0 Å². The number of hydrogen-bond donors (Lipinski definition) is 3. The highest BCUT2D eigenvalue weighted by Gasteiger charge is 2.37. The number of nitrogens with zero attached hydrogens (tertiary/aromatic N) is 1. The van der Waals surface area contributed by atoms with Gasteiger partial charge in [-0.1, -0.05) is 44.2 Å². The van der Waals surface area contributed by atoms with E-state index < -0.39 is 6.09 Å². The largest absolute Gasteiger partial charge is 0.504 e. The van der Waals surface area contributed by atoms with Gasteiger partial charge in [-0.25, -0.2) is 4.79 Å². The van der Waals surface area contributed by atoms with Crippen molar-refractivity contribution in [3.8, 4) is 11.5 Å². The molecule has 0 spiro atoms. The van der Waals surface area contributed by atoms with Gasteiger partial charge in [0.05, 0.1) is 7.11 Å². The SMILES string of the molecule is COc1cc(CNC(=O)C2CCN(C(=O)O)CC2c2ccccc2C(C)C)ccc1O. The minimum Gasteiger partial charge on any atom is -0.504 e. The lowest BCUT2D eigenvalue weighted by Crippen LogP contribution is -2.47. The summed E-state index contributed by atoms with van der Waals surface area (Å²) in [5.41, 5.74) is 2.99. The molecule has 2 unspecified atom stereocenters. The van der Waals surface area contributed by atoms with Crippen molar-refractivity contribution in [3.05, 3.63) is 59.2 Å². The Kier molecular flexibility index (Phi) is 7.05. The van der Waals surface area contributed by atoms with Crippen LogP contribution in [0.5, 0.6) is 11.5 Å². The van der Waals surface area contributed by atoms with Crippen molar-refractivity contribution in [2.75, 3.05) is 20.2 Å². The number of benzene rings is 2. The topological polar surface area (TPSA) is 99.1 Å². The maximum absolute atomic E-state index is 13.2. The lowest BCUT2D eigenvalue weighted by atomic mass is 9.77. The normalized spacial score (nSPS) is 18.6. The molecule has 2 aromatic rings. The summed E-state index contributed by atoms with van der Waals surface area (Å²) >= 11 is 0. The zero-order chi connectivity index (χ0) is 22.5. The van der Waals surface area contributed by atoms with E-state index in [0.717, 1.165) is 16.7 Å². The van der Waals surface area contributed by atoms with Crippen molar-refractivity contribution in [2.24, 2.45) is 5.92 Å². The molecule has 0 aliphatic carbocycles. The van der Waals surface area contributed by atoms with Crippen molar-refractivity contribution in [1.82, 2.24) is 10.2 Å². The maximum atomic E-state index is 13.2. The highest BCUT2D eigenvalue weighted by atomic mass is 16.5. The second-order valence-corrected chi connectivity index (χ2v) is 8.24. The van der Waals surface area contributed by atoms with Crippen molar-refractivity contribution in [2.45, 2.75) is 38.6 Å². The monoisotopic (exact) mass is 426 g/mol. The molecule has 2 aromatic carbocycles. The summed E-state index contributed by atoms with van der Waals surface area (Å²) in [4.78, 5) is 26.2. The van der Waals surface area contributed by atoms with Gasteiger partial charge >= 0.3 is 6.09 Å². The summed E-state index contributed by atoms with van der Waals surface area (Å²) in [5.74, 6) is 0.0340. The number of methoxy groups -OCH3 is 1. The first-order valence-corrected chi connectivity index (χ1v) is 10.5. The average molecular weight is 427 g/mol. The number of phenolic OH excluding ortho intramolecular Hbond substituents is 1. The fourth-order valence-corrected chi connectivity index (χ4v) is 4.28. The van der Waals surface area contributed by atoms with Gasteiger partial charge in [0.2, 0.25) is 5.91 Å². The summed E-state index contributed by atoms with van der Waals surface area (Å²) in [6.07, 6.45) is -0.490. The molecule has 31 heavy (non-hydrogen) atoms. The molecule has 3 N–H and O–H groups in total. The smallest absolute Gasteiger partial charge is 0.407 e. The van der Waals surface area contributed by atoms with Crippen molar-refractivity contribution in [3.63, 3.8) is 0 Å². The minimum atomic E-state index is -0.956. The molecule has 0 bridgehead atoms. The van der Waals surface area contributed by atoms with Gasteiger partial charge in [0, 0.05) is 31.5 Å². The van der Waals surface area contributed by atoms with Gasteiger partial charge in [-0.15, -0.1) is 0 Å². The molecule has 166 valence electrons. The molecular formula is C24H30N2O5. The maximum Gasteiger partial charge on any atom is 0.407 e. The van der Waals surface area contributed by atoms with Gasteiger partial charge in [0.15, 0.2) is 11.5 Å². The van der Waals surface area contributed by atoms with Gasteiger partial charge in [-0.05, 0) is 41.2 Å². The molecular weight excluding hydrogens is 396 g/mol. The lowest BCUT2D eigenvalue weighted by Gasteiger charge is -2.38. The van der Waals surface area contributed by atoms with Gasteiger partial charge in [-0.3, -0.25) is 4.79 Å². The van der Waals surface area contributed by atoms with Crippen molar-refractivity contribution >= 4 is 12.0 Å². The third-order valence-electron chi connectivity index (χ3n) is 5.95. The number of piperidine rings is 1. The van der Waals surface area contributed by atoms with Crippen LogP contribution in [0.15, 0.2) is 42.5 Å². The molecule has 0 aromatic heterocycles. The number of rotatable bonds is 6. The Morgan fingerprint density at radius 1 is 1.23 bits per heavy atom. The molecule has 0 radical (unpaired) electrons. The Hall–Kier alpha value is -3.22. The Morgan fingerprint density at radius 2 is 1.97 bits per heavy atom. The van der Waals surface area contributed by atoms with E-state index in [1.807, 2.05) is 18.2 Å². The van der Waals surface area contributed by atoms with E-state index in [4.69, 9.17) is 4.74 Å². The van der Waals surface area contributed by atoms with E-state index in [0.29, 0.717) is 31.8 Å². The van der Waals surface area contributed by atoms with E-state index in [1.165, 1.54) is 18.1 Å². The second-order valence-electron chi connectivity index (χ2n) is 8.24. The molecule has 1 saturated heterocycles. The number of likely N-dealkylation sites (tertiary alicyclic amines) is 1. The molecule has 7 nitrogen and oxygen atoms in total. The van der Waals surface area contributed by atoms with Crippen LogP contribution in [-0.4, -0.2) is 47.3 Å². The third-order valence-corrected chi connectivity index (χ3v) is 5.95. The van der Waals surface area contributed by atoms with Crippen molar-refractivity contribution in [1.29, 1.82) is 0 Å². The van der Waals surface area contributed by atoms with Crippen LogP contribution in [0.4, 0.5) is 4.79 Å². The third kappa shape index (κ3) is 5.10. The van der Waals surface area contributed by atoms with Crippen LogP contribution >= 0.6 is 0 Å². The van der Waals surface area contributed by atoms with Crippen LogP contribution in [0.2, 0.25) is 0 Å². The highest BCUT2D eigenvalue weighted by molar-refractivity contribution is 5.80. The number of amides is 2. The average Bonchev–Trinajstić information content (AvgIpc) is 2.77. The predicted molar refractivity (Wildman–Crippen MR) is 117 cm³/mol. The predicted octanol–water partition coefficient (Wildman–Crippen LogP) is 3.92. The summed E-state index contributed by atoms with van der Waals surface area (Å²) < 4.78 is 5.13. The van der Waals surface area contributed by atoms with Crippen LogP contribution in [0, 0.1) is 5.92 Å². The Labute approximate surface area is 182 Å². The summed E-state index contributed by atoms with van der Waals surface area (Å²) in [6.45, 7) is 5.13. The molecule has 3 rings (SSSR count). The summed E-state index contributed by atoms with van der Waals surface area (Å²) in [6, 6.07) is 12.9. The standard InChI is InChI=1S/C24H30N2O5/c1-15(2)17-6-4-5-7-18(17)20-14-26(24(29)30)11-10-19(20)23(28)25-13-16-8-9-21(27)22(12-16)31-3/h4-9,12,15,19-20,27H,10-11,13-14H2,1-3H3,(H,25,28)(H,29,30). The number of nitrogens with one attached hydrogen (secondary N) is 1. The number of phenols is 1. The molecule has 1 heterocycles. The van der Waals surface area contributed by atoms with Gasteiger partial charge in [0.25, 0.3) is 0 Å². The fraction of sp³-hybridized carbons (Fsp3) is 0.417. The van der Waals surface area contributed by atoms with Crippen LogP contribution in [0.1, 0.15) is 48.8 Å². The number of carbonyl (C=O) groups excluding carboxylic acids is 1. The molecule has 2 amide bonds. The Bertz CT molecular complexity index is 943. The zero-order valence-corrected chi connectivity index (χ0v) is 18.2. The summed E-state index contributed by atoms with van der Waals surface area (Å²) in [7, 11) is 1.48. The van der Waals surface area contributed by atoms with E-state index in [9.17, 15) is 19.8 Å². The Morgan fingerprint density at radius 3 is 2.65 bits per heavy atom. The first-order chi connectivity index (χ1) is 14.8. The number of ether oxygens (including phenoxy) is 1. The van der Waals surface area contributed by atoms with Crippen molar-refractivity contribution < 1.29 is 24.5 Å². The number of carbonyl (C=O) groups is 2. The van der Waals surface area contributed by atoms with Crippen LogP contribution in [0.25, 0.3) is 0 Å². The molecule has 1 aliphatic heterocycles. The van der Waals surface area contributed by atoms with Crippen LogP contribution in [0.3, 0.4) is 0 Å². The van der Waals surface area contributed by atoms with Crippen LogP contribution < -0.4 is 10.1 Å². The first-order valence-electron chi connectivity index (χ1n) is 10.5. The molecule has 1 fully saturated rings. The molecule has 2 atom stereocenters. The summed E-state index contributed by atoms with van der Waals surface area (Å²) in [5, 5.41) is 22.3. The number of aromatic hydroxyl groups is 1. The molecule has 7 heteroatoms. The van der Waals surface area contributed by atoms with E-state index in [1.54, 1.807) is 12.1 Å². The quantitative estimate of drug-likeness (QED) is 0.650. The molecule has 0 saturated carbocycles. The molecule has 1 aliphatic rings. The van der Waals surface area contributed by atoms with E-state index in [2.05, 4.69) is 25.2 Å². The second kappa shape index (κ2) is 9.73. The Balaban J connectivity index is 1.82. The minimum absolute atomic E-state index is 0.0453. The number of carboxylic acid groups (broad SMARTS) is 1. The lowest BCUT2D eigenvalue weighted by molar-refractivity contribution is -0.127. The van der Waals surface area contributed by atoms with Crippen LogP contribution in [-0.2, 0) is 11.3 Å². The highest BCUT2D eigenvalue weighted by Crippen LogP contribution is 2.37. The number of hydrogen-bond acceptors (Lipinski definition) is 4. The van der Waals surface area contributed by atoms with Gasteiger partial charge in [0.1, 0.15) is 0 Å². The zero-order valence-electron chi connectivity index (χ0n) is 18.2. The van der Waals surface area contributed by atoms with E-state index in [-0.39, 0.29) is 29.4 Å². The van der Waals surface area contributed by atoms with Gasteiger partial charge < -0.3 is 25.2 Å². The van der Waals surface area contributed by atoms with E-state index >= 15 is 0 Å². The fourth-order valence-electron chi connectivity index (χ4n) is 4.28.